The average Bonchev–Trinajstić information content (AvgIpc) is 2.81. The van der Waals surface area contributed by atoms with Gasteiger partial charge in [-0.25, -0.2) is 0 Å². The summed E-state index contributed by atoms with van der Waals surface area (Å²) in [5.41, 5.74) is 3.52. The first-order valence-electron chi connectivity index (χ1n) is 6.29. The van der Waals surface area contributed by atoms with Crippen molar-refractivity contribution in [1.82, 2.24) is 0 Å². The van der Waals surface area contributed by atoms with Gasteiger partial charge in [0.05, 0.1) is 4.90 Å². The van der Waals surface area contributed by atoms with Crippen LogP contribution in [0.25, 0.3) is 0 Å². The van der Waals surface area contributed by atoms with Crippen molar-refractivity contribution in [3.8, 4) is 11.5 Å². The molecule has 0 aliphatic carbocycles. The lowest BCUT2D eigenvalue weighted by atomic mass is 10.0. The highest BCUT2D eigenvalue weighted by Crippen LogP contribution is 2.50. The summed E-state index contributed by atoms with van der Waals surface area (Å²) in [7, 11) is 1.63. The molecule has 3 nitrogen and oxygen atoms in total. The number of rotatable bonds is 5. The lowest BCUT2D eigenvalue weighted by Crippen LogP contribution is -2.06. The van der Waals surface area contributed by atoms with Crippen LogP contribution in [0.1, 0.15) is 23.1 Å². The fourth-order valence-electron chi connectivity index (χ4n) is 2.20. The van der Waals surface area contributed by atoms with Gasteiger partial charge in [0, 0.05) is 19.1 Å². The topological polar surface area (TPSA) is 27.7 Å². The number of ether oxygens (including phenoxy) is 3. The number of thioether (sulfide) groups is 1. The fraction of sp³-hybridized carbons (Fsp3) is 0.467. The van der Waals surface area contributed by atoms with Gasteiger partial charge in [0.15, 0.2) is 12.2 Å². The summed E-state index contributed by atoms with van der Waals surface area (Å²) >= 11 is 1.74. The Kier molecular flexibility index (Phi) is 4.42. The largest absolute Gasteiger partial charge is 0.478 e. The number of methoxy groups -OCH3 is 1. The quantitative estimate of drug-likeness (QED) is 0.602. The third kappa shape index (κ3) is 2.60. The molecule has 0 bridgehead atoms. The molecular formula is C15H20O3S. The van der Waals surface area contributed by atoms with E-state index in [0.29, 0.717) is 0 Å². The average molecular weight is 280 g/mol. The molecule has 0 N–H and O–H groups in total. The lowest BCUT2D eigenvalue weighted by molar-refractivity contribution is 0.0498. The molecule has 2 rings (SSSR count). The highest BCUT2D eigenvalue weighted by Gasteiger charge is 2.29. The zero-order chi connectivity index (χ0) is 14.0. The van der Waals surface area contributed by atoms with Gasteiger partial charge in [-0.05, 0) is 31.9 Å². The normalized spacial score (nSPS) is 16.9. The minimum Gasteiger partial charge on any atom is -0.478 e. The predicted molar refractivity (Wildman–Crippen MR) is 78.2 cm³/mol. The van der Waals surface area contributed by atoms with Gasteiger partial charge < -0.3 is 14.2 Å². The van der Waals surface area contributed by atoms with E-state index in [1.807, 2.05) is 6.08 Å². The van der Waals surface area contributed by atoms with Crippen molar-refractivity contribution in [3.05, 3.63) is 29.3 Å². The molecule has 0 aromatic heterocycles. The van der Waals surface area contributed by atoms with Crippen LogP contribution in [-0.4, -0.2) is 19.3 Å². The Bertz CT molecular complexity index is 497. The second-order valence-corrected chi connectivity index (χ2v) is 5.77. The van der Waals surface area contributed by atoms with Crippen LogP contribution in [0.3, 0.4) is 0 Å². The smallest absolute Gasteiger partial charge is 0.188 e. The van der Waals surface area contributed by atoms with Crippen LogP contribution < -0.4 is 9.47 Å². The van der Waals surface area contributed by atoms with E-state index in [9.17, 15) is 0 Å². The Balaban J connectivity index is 2.40. The van der Waals surface area contributed by atoms with E-state index in [4.69, 9.17) is 14.2 Å². The van der Waals surface area contributed by atoms with Crippen molar-refractivity contribution in [2.45, 2.75) is 37.5 Å². The summed E-state index contributed by atoms with van der Waals surface area (Å²) < 4.78 is 16.7. The van der Waals surface area contributed by atoms with E-state index in [1.165, 1.54) is 4.90 Å². The third-order valence-electron chi connectivity index (χ3n) is 3.31. The van der Waals surface area contributed by atoms with Gasteiger partial charge in [0.1, 0.15) is 11.5 Å². The Morgan fingerprint density at radius 2 is 2.00 bits per heavy atom. The Morgan fingerprint density at radius 1 is 1.26 bits per heavy atom. The lowest BCUT2D eigenvalue weighted by Gasteiger charge is -2.16. The number of benzene rings is 1. The minimum absolute atomic E-state index is 0.127. The molecule has 0 fully saturated rings. The van der Waals surface area contributed by atoms with Crippen molar-refractivity contribution in [2.24, 2.45) is 0 Å². The van der Waals surface area contributed by atoms with Gasteiger partial charge in [-0.15, -0.1) is 6.58 Å². The number of hydrogen-bond donors (Lipinski definition) is 0. The third-order valence-corrected chi connectivity index (χ3v) is 4.59. The molecule has 4 heteroatoms. The van der Waals surface area contributed by atoms with E-state index in [2.05, 4.69) is 27.4 Å². The van der Waals surface area contributed by atoms with Crippen LogP contribution in [-0.2, 0) is 4.74 Å². The molecule has 1 heterocycles. The van der Waals surface area contributed by atoms with E-state index < -0.39 is 0 Å². The van der Waals surface area contributed by atoms with Crippen molar-refractivity contribution in [1.29, 1.82) is 0 Å². The van der Waals surface area contributed by atoms with Crippen LogP contribution in [0.2, 0.25) is 0 Å². The molecule has 1 aliphatic heterocycles. The summed E-state index contributed by atoms with van der Waals surface area (Å²) in [5.74, 6) is 1.91. The van der Waals surface area contributed by atoms with Crippen LogP contribution >= 0.6 is 11.8 Å². The maximum absolute atomic E-state index is 6.00. The van der Waals surface area contributed by atoms with Gasteiger partial charge in [0.25, 0.3) is 0 Å². The molecule has 1 aromatic carbocycles. The van der Waals surface area contributed by atoms with Gasteiger partial charge in [0.2, 0.25) is 0 Å². The molecule has 0 spiro atoms. The molecule has 0 saturated heterocycles. The summed E-state index contributed by atoms with van der Waals surface area (Å²) in [6, 6.07) is 0. The molecule has 1 unspecified atom stereocenters. The van der Waals surface area contributed by atoms with Crippen molar-refractivity contribution < 1.29 is 14.2 Å². The van der Waals surface area contributed by atoms with Gasteiger partial charge >= 0.3 is 0 Å². The molecule has 104 valence electrons. The molecule has 0 saturated carbocycles. The molecule has 1 aliphatic rings. The van der Waals surface area contributed by atoms with Crippen LogP contribution in [0, 0.1) is 20.8 Å². The maximum atomic E-state index is 6.00. The van der Waals surface area contributed by atoms with Crippen LogP contribution in [0.4, 0.5) is 0 Å². The van der Waals surface area contributed by atoms with Crippen molar-refractivity contribution >= 4 is 11.8 Å². The first-order valence-corrected chi connectivity index (χ1v) is 7.17. The predicted octanol–water partition coefficient (Wildman–Crippen LogP) is 3.98. The highest BCUT2D eigenvalue weighted by molar-refractivity contribution is 8.00. The summed E-state index contributed by atoms with van der Waals surface area (Å²) in [5, 5.41) is 0. The summed E-state index contributed by atoms with van der Waals surface area (Å²) in [4.78, 5) is 1.18. The Hall–Kier alpha value is -1.13. The molecule has 1 aromatic rings. The summed E-state index contributed by atoms with van der Waals surface area (Å²) in [6.45, 7) is 10.2. The monoisotopic (exact) mass is 280 g/mol. The Morgan fingerprint density at radius 3 is 2.63 bits per heavy atom. The van der Waals surface area contributed by atoms with E-state index in [1.54, 1.807) is 18.9 Å². The number of hydrogen-bond acceptors (Lipinski definition) is 4. The first kappa shape index (κ1) is 14.3. The fourth-order valence-corrected chi connectivity index (χ4v) is 3.42. The second kappa shape index (κ2) is 5.88. The number of fused-ring (bicyclic) bond motifs is 1. The second-order valence-electron chi connectivity index (χ2n) is 4.60. The zero-order valence-electron chi connectivity index (χ0n) is 11.9. The molecular weight excluding hydrogens is 260 g/mol. The minimum atomic E-state index is 0.127. The zero-order valence-corrected chi connectivity index (χ0v) is 12.7. The van der Waals surface area contributed by atoms with Crippen molar-refractivity contribution in [2.75, 3.05) is 13.9 Å². The van der Waals surface area contributed by atoms with E-state index in [0.717, 1.165) is 34.6 Å². The first-order chi connectivity index (χ1) is 9.10. The Labute approximate surface area is 118 Å². The highest BCUT2D eigenvalue weighted by atomic mass is 32.2. The molecule has 19 heavy (non-hydrogen) atoms. The molecule has 0 amide bonds. The van der Waals surface area contributed by atoms with Crippen LogP contribution in [0.5, 0.6) is 11.5 Å². The van der Waals surface area contributed by atoms with Gasteiger partial charge in [-0.1, -0.05) is 17.8 Å². The SMILES string of the molecule is C=CCC1Oc2c(C)c(C)c(OCOC)c(C)c2S1. The summed E-state index contributed by atoms with van der Waals surface area (Å²) in [6.07, 6.45) is 2.73. The van der Waals surface area contributed by atoms with Crippen molar-refractivity contribution in [3.63, 3.8) is 0 Å². The standard InChI is InChI=1S/C15H20O3S/c1-6-7-12-18-14-10(3)9(2)13(17-8-16-5)11(4)15(14)19-12/h6,12H,1,7-8H2,2-5H3. The molecule has 1 atom stereocenters. The maximum Gasteiger partial charge on any atom is 0.188 e. The molecule has 0 radical (unpaired) electrons. The van der Waals surface area contributed by atoms with Gasteiger partial charge in [-0.3, -0.25) is 0 Å². The van der Waals surface area contributed by atoms with E-state index >= 15 is 0 Å². The van der Waals surface area contributed by atoms with E-state index in [-0.39, 0.29) is 12.2 Å². The van der Waals surface area contributed by atoms with Gasteiger partial charge in [-0.2, -0.15) is 0 Å². The van der Waals surface area contributed by atoms with Crippen LogP contribution in [0.15, 0.2) is 17.6 Å².